The Labute approximate surface area is 308 Å². The molecule has 0 aliphatic rings. The highest BCUT2D eigenvalue weighted by molar-refractivity contribution is 5.53. The van der Waals surface area contributed by atoms with Crippen molar-refractivity contribution in [2.45, 2.75) is 33.1 Å². The first kappa shape index (κ1) is 36.0. The first-order chi connectivity index (χ1) is 25.7. The maximum atomic E-state index is 14.8. The lowest BCUT2D eigenvalue weighted by Gasteiger charge is -2.32. The fourth-order valence-corrected chi connectivity index (χ4v) is 5.87. The van der Waals surface area contributed by atoms with Crippen LogP contribution in [0.25, 0.3) is 0 Å². The van der Waals surface area contributed by atoms with Gasteiger partial charge in [0.25, 0.3) is 0 Å². The SMILES string of the molecule is CC#Cc1ccc(Oc2ccc(C(C)(c3ccc(Oc4ccc(C#CC)cc4F)cc3)c3ccc(Oc4ccc(C#CC)cc4F)cc3)cc2)c(F)c1. The van der Waals surface area contributed by atoms with Crippen LogP contribution in [-0.2, 0) is 5.41 Å². The van der Waals surface area contributed by atoms with Gasteiger partial charge in [0.15, 0.2) is 34.7 Å². The molecule has 0 N–H and O–H groups in total. The molecule has 0 unspecified atom stereocenters. The Morgan fingerprint density at radius 1 is 0.396 bits per heavy atom. The van der Waals surface area contributed by atoms with Gasteiger partial charge in [0.2, 0.25) is 0 Å². The monoisotopic (exact) mass is 702 g/mol. The van der Waals surface area contributed by atoms with Crippen molar-refractivity contribution in [1.29, 1.82) is 0 Å². The van der Waals surface area contributed by atoms with Crippen LogP contribution in [0.1, 0.15) is 61.1 Å². The van der Waals surface area contributed by atoms with Crippen LogP contribution in [0, 0.1) is 53.0 Å². The Morgan fingerprint density at radius 2 is 0.660 bits per heavy atom. The zero-order chi connectivity index (χ0) is 37.4. The molecule has 53 heavy (non-hydrogen) atoms. The van der Waals surface area contributed by atoms with Crippen LogP contribution in [0.15, 0.2) is 127 Å². The average molecular weight is 703 g/mol. The largest absolute Gasteiger partial charge is 0.454 e. The van der Waals surface area contributed by atoms with Gasteiger partial charge in [0, 0.05) is 22.1 Å². The van der Waals surface area contributed by atoms with Crippen LogP contribution in [0.2, 0.25) is 0 Å². The van der Waals surface area contributed by atoms with Crippen LogP contribution in [0.4, 0.5) is 13.2 Å². The zero-order valence-electron chi connectivity index (χ0n) is 29.5. The molecule has 0 fully saturated rings. The number of benzene rings is 6. The predicted octanol–water partition coefficient (Wildman–Crippen LogP) is 11.9. The maximum Gasteiger partial charge on any atom is 0.166 e. The molecule has 0 aliphatic carbocycles. The van der Waals surface area contributed by atoms with Crippen molar-refractivity contribution in [3.63, 3.8) is 0 Å². The summed E-state index contributed by atoms with van der Waals surface area (Å²) in [4.78, 5) is 0. The van der Waals surface area contributed by atoms with E-state index in [1.165, 1.54) is 18.2 Å². The summed E-state index contributed by atoms with van der Waals surface area (Å²) in [6.07, 6.45) is 0. The van der Waals surface area contributed by atoms with Crippen molar-refractivity contribution in [3.8, 4) is 70.0 Å². The highest BCUT2D eigenvalue weighted by Crippen LogP contribution is 2.42. The molecule has 0 aliphatic heterocycles. The fourth-order valence-electron chi connectivity index (χ4n) is 5.87. The van der Waals surface area contributed by atoms with E-state index in [0.29, 0.717) is 33.9 Å². The van der Waals surface area contributed by atoms with Crippen LogP contribution in [0.3, 0.4) is 0 Å². The number of hydrogen-bond donors (Lipinski definition) is 0. The first-order valence-corrected chi connectivity index (χ1v) is 16.7. The molecule has 6 heteroatoms. The molecule has 0 saturated heterocycles. The molecule has 0 aromatic heterocycles. The third-order valence-corrected chi connectivity index (χ3v) is 8.58. The third-order valence-electron chi connectivity index (χ3n) is 8.58. The predicted molar refractivity (Wildman–Crippen MR) is 202 cm³/mol. The van der Waals surface area contributed by atoms with Crippen LogP contribution < -0.4 is 14.2 Å². The van der Waals surface area contributed by atoms with Gasteiger partial charge in [-0.05, 0) is 135 Å². The minimum Gasteiger partial charge on any atom is -0.454 e. The van der Waals surface area contributed by atoms with E-state index in [1.807, 2.05) is 36.4 Å². The summed E-state index contributed by atoms with van der Waals surface area (Å²) in [5.74, 6) is 16.9. The second-order valence-electron chi connectivity index (χ2n) is 12.1. The van der Waals surface area contributed by atoms with Gasteiger partial charge < -0.3 is 14.2 Å². The molecular weight excluding hydrogens is 670 g/mol. The molecule has 0 spiro atoms. The summed E-state index contributed by atoms with van der Waals surface area (Å²) in [6, 6.07) is 36.0. The van der Waals surface area contributed by atoms with Gasteiger partial charge in [0.05, 0.1) is 0 Å². The highest BCUT2D eigenvalue weighted by Gasteiger charge is 2.31. The van der Waals surface area contributed by atoms with Crippen molar-refractivity contribution in [2.75, 3.05) is 0 Å². The van der Waals surface area contributed by atoms with Crippen molar-refractivity contribution < 1.29 is 27.4 Å². The summed E-state index contributed by atoms with van der Waals surface area (Å²) < 4.78 is 62.0. The average Bonchev–Trinajstić information content (AvgIpc) is 3.16. The van der Waals surface area contributed by atoms with E-state index in [-0.39, 0.29) is 17.2 Å². The molecule has 3 nitrogen and oxygen atoms in total. The molecule has 0 atom stereocenters. The number of halogens is 3. The number of ether oxygens (including phenoxy) is 3. The van der Waals surface area contributed by atoms with Gasteiger partial charge in [-0.2, -0.15) is 0 Å². The summed E-state index contributed by atoms with van der Waals surface area (Å²) >= 11 is 0. The van der Waals surface area contributed by atoms with Crippen molar-refractivity contribution in [1.82, 2.24) is 0 Å². The molecule has 0 bridgehead atoms. The molecule has 6 aromatic rings. The minimum atomic E-state index is -0.737. The van der Waals surface area contributed by atoms with E-state index in [4.69, 9.17) is 14.2 Å². The van der Waals surface area contributed by atoms with E-state index < -0.39 is 22.9 Å². The summed E-state index contributed by atoms with van der Waals surface area (Å²) in [5, 5.41) is 0. The topological polar surface area (TPSA) is 27.7 Å². The van der Waals surface area contributed by atoms with Gasteiger partial charge in [-0.15, -0.1) is 17.8 Å². The van der Waals surface area contributed by atoms with Crippen molar-refractivity contribution >= 4 is 0 Å². The van der Waals surface area contributed by atoms with Gasteiger partial charge in [-0.3, -0.25) is 0 Å². The minimum absolute atomic E-state index is 0.0853. The van der Waals surface area contributed by atoms with Crippen LogP contribution in [-0.4, -0.2) is 0 Å². The van der Waals surface area contributed by atoms with E-state index in [0.717, 1.165) is 16.7 Å². The molecule has 0 saturated carbocycles. The highest BCUT2D eigenvalue weighted by atomic mass is 19.1. The fraction of sp³-hybridized carbons (Fsp3) is 0.106. The molecule has 0 amide bonds. The normalized spacial score (nSPS) is 10.5. The lowest BCUT2D eigenvalue weighted by molar-refractivity contribution is 0.441. The standard InChI is InChI=1S/C47H33F3O3/c1-5-8-32-11-26-44(41(48)29-32)51-38-20-14-35(15-21-38)47(4,36-16-22-39(23-17-36)52-45-27-12-33(9-6-2)30-42(45)49)37-18-24-40(25-19-37)53-46-28-13-34(10-7-3)31-43(46)50/h11-31H,1-4H3. The summed E-state index contributed by atoms with van der Waals surface area (Å²) in [7, 11) is 0. The second-order valence-corrected chi connectivity index (χ2v) is 12.1. The molecule has 6 rings (SSSR count). The lowest BCUT2D eigenvalue weighted by atomic mass is 9.71. The van der Waals surface area contributed by atoms with Crippen molar-refractivity contribution in [2.24, 2.45) is 0 Å². The van der Waals surface area contributed by atoms with Crippen LogP contribution in [0.5, 0.6) is 34.5 Å². The quantitative estimate of drug-likeness (QED) is 0.111. The Bertz CT molecular complexity index is 2180. The third kappa shape index (κ3) is 8.23. The van der Waals surface area contributed by atoms with Crippen molar-refractivity contribution in [3.05, 3.63) is 178 Å². The zero-order valence-corrected chi connectivity index (χ0v) is 29.5. The molecule has 260 valence electrons. The van der Waals surface area contributed by atoms with E-state index in [2.05, 4.69) is 42.4 Å². The van der Waals surface area contributed by atoms with Gasteiger partial charge in [-0.1, -0.05) is 54.2 Å². The Kier molecular flexibility index (Phi) is 10.9. The maximum absolute atomic E-state index is 14.8. The molecule has 0 heterocycles. The Balaban J connectivity index is 1.32. The number of rotatable bonds is 9. The van der Waals surface area contributed by atoms with Gasteiger partial charge in [-0.25, -0.2) is 13.2 Å². The van der Waals surface area contributed by atoms with Crippen LogP contribution >= 0.6 is 0 Å². The molecular formula is C47H33F3O3. The number of hydrogen-bond acceptors (Lipinski definition) is 3. The van der Waals surface area contributed by atoms with E-state index >= 15 is 0 Å². The summed E-state index contributed by atoms with van der Waals surface area (Å²) in [5.41, 5.74) is 3.65. The summed E-state index contributed by atoms with van der Waals surface area (Å²) in [6.45, 7) is 7.15. The van der Waals surface area contributed by atoms with E-state index in [9.17, 15) is 13.2 Å². The Morgan fingerprint density at radius 3 is 0.887 bits per heavy atom. The van der Waals surface area contributed by atoms with Gasteiger partial charge in [0.1, 0.15) is 17.2 Å². The van der Waals surface area contributed by atoms with Gasteiger partial charge >= 0.3 is 0 Å². The lowest BCUT2D eigenvalue weighted by Crippen LogP contribution is -2.25. The smallest absolute Gasteiger partial charge is 0.166 e. The molecule has 0 radical (unpaired) electrons. The van der Waals surface area contributed by atoms with E-state index in [1.54, 1.807) is 93.6 Å². The molecule has 6 aromatic carbocycles. The second kappa shape index (κ2) is 16.0. The Hall–Kier alpha value is -6.81. The first-order valence-electron chi connectivity index (χ1n) is 16.7.